The highest BCUT2D eigenvalue weighted by Gasteiger charge is 1.66. The van der Waals surface area contributed by atoms with Crippen LogP contribution in [-0.4, -0.2) is 6.54 Å². The molecule has 38 valence electrons. The highest BCUT2D eigenvalue weighted by atomic mass is 16.3. The third-order valence-corrected chi connectivity index (χ3v) is 0.315. The topological polar surface area (TPSA) is 64.4 Å². The Hall–Kier alpha value is -0.440. The molecule has 0 rings (SSSR count). The molecule has 0 saturated heterocycles. The van der Waals surface area contributed by atoms with Crippen molar-refractivity contribution in [2.75, 3.05) is 6.54 Å². The van der Waals surface area contributed by atoms with E-state index >= 15 is 0 Å². The van der Waals surface area contributed by atoms with Gasteiger partial charge in [0.1, 0.15) is 0 Å². The van der Waals surface area contributed by atoms with Gasteiger partial charge in [0.2, 0.25) is 0 Å². The number of rotatable bonds is 2. The molecule has 0 fully saturated rings. The van der Waals surface area contributed by atoms with E-state index in [2.05, 4.69) is 5.18 Å². The largest absolute Gasteiger partial charge is 0.344 e. The van der Waals surface area contributed by atoms with Gasteiger partial charge in [-0.25, -0.2) is 0 Å². The molecule has 0 aromatic carbocycles. The summed E-state index contributed by atoms with van der Waals surface area (Å²) in [6.45, 7) is 2.38. The number of nitroso groups, excluding NO2 is 1. The van der Waals surface area contributed by atoms with Gasteiger partial charge in [-0.05, 0) is 6.42 Å². The van der Waals surface area contributed by atoms with Crippen LogP contribution in [0, 0.1) is 4.91 Å². The molecular formula is C3H10N2O. The van der Waals surface area contributed by atoms with E-state index in [4.69, 9.17) is 4.91 Å². The Morgan fingerprint density at radius 1 is 1.67 bits per heavy atom. The average molecular weight is 90.1 g/mol. The molecule has 3 heteroatoms. The van der Waals surface area contributed by atoms with Crippen molar-refractivity contribution in [3.05, 3.63) is 4.91 Å². The smallest absolute Gasteiger partial charge is 0.0808 e. The molecule has 0 unspecified atom stereocenters. The lowest BCUT2D eigenvalue weighted by atomic mass is 10.5. The molecule has 0 aromatic heterocycles. The van der Waals surface area contributed by atoms with Crippen molar-refractivity contribution < 1.29 is 0 Å². The lowest BCUT2D eigenvalue weighted by Gasteiger charge is -1.68. The van der Waals surface area contributed by atoms with Crippen LogP contribution in [0.1, 0.15) is 13.3 Å². The van der Waals surface area contributed by atoms with Gasteiger partial charge in [0.25, 0.3) is 0 Å². The number of hydrogen-bond donors (Lipinski definition) is 1. The average Bonchev–Trinajstić information content (AvgIpc) is 1.41. The third-order valence-electron chi connectivity index (χ3n) is 0.315. The minimum atomic E-state index is 0. The maximum Gasteiger partial charge on any atom is 0.0808 e. The first kappa shape index (κ1) is 9.12. The van der Waals surface area contributed by atoms with Crippen LogP contribution < -0.4 is 6.15 Å². The van der Waals surface area contributed by atoms with Gasteiger partial charge >= 0.3 is 0 Å². The molecular weight excluding hydrogens is 80.0 g/mol. The summed E-state index contributed by atoms with van der Waals surface area (Å²) in [7, 11) is 0. The van der Waals surface area contributed by atoms with Crippen LogP contribution in [0.3, 0.4) is 0 Å². The second-order valence-corrected chi connectivity index (χ2v) is 0.853. The monoisotopic (exact) mass is 90.1 g/mol. The van der Waals surface area contributed by atoms with Gasteiger partial charge in [0.05, 0.1) is 6.54 Å². The maximum atomic E-state index is 9.15. The molecule has 0 aliphatic carbocycles. The Balaban J connectivity index is 0. The van der Waals surface area contributed by atoms with E-state index in [0.29, 0.717) is 6.54 Å². The van der Waals surface area contributed by atoms with Crippen molar-refractivity contribution in [1.29, 1.82) is 0 Å². The fourth-order valence-corrected chi connectivity index (χ4v) is 0.0913. The van der Waals surface area contributed by atoms with E-state index in [1.54, 1.807) is 0 Å². The predicted molar refractivity (Wildman–Crippen MR) is 26.0 cm³/mol. The van der Waals surface area contributed by atoms with Crippen LogP contribution in [0.25, 0.3) is 0 Å². The summed E-state index contributed by atoms with van der Waals surface area (Å²) >= 11 is 0. The molecule has 3 nitrogen and oxygen atoms in total. The zero-order valence-electron chi connectivity index (χ0n) is 3.98. The molecule has 0 aromatic rings. The Morgan fingerprint density at radius 3 is 2.17 bits per heavy atom. The number of hydrogen-bond acceptors (Lipinski definition) is 3. The summed E-state index contributed by atoms with van der Waals surface area (Å²) in [5.41, 5.74) is 0. The molecule has 0 saturated carbocycles. The highest BCUT2D eigenvalue weighted by molar-refractivity contribution is 4.30. The van der Waals surface area contributed by atoms with Crippen LogP contribution in [0.15, 0.2) is 5.18 Å². The van der Waals surface area contributed by atoms with Gasteiger partial charge < -0.3 is 6.15 Å². The SMILES string of the molecule is CCCN=O.N. The maximum absolute atomic E-state index is 9.15. The normalized spacial score (nSPS) is 6.17. The second kappa shape index (κ2) is 8.82. The van der Waals surface area contributed by atoms with Gasteiger partial charge in [-0.1, -0.05) is 12.1 Å². The van der Waals surface area contributed by atoms with Crippen molar-refractivity contribution in [2.24, 2.45) is 5.18 Å². The van der Waals surface area contributed by atoms with Crippen molar-refractivity contribution in [1.82, 2.24) is 6.15 Å². The minimum absolute atomic E-state index is 0. The summed E-state index contributed by atoms with van der Waals surface area (Å²) in [4.78, 5) is 9.15. The first-order valence-corrected chi connectivity index (χ1v) is 1.71. The standard InChI is InChI=1S/C3H7NO.H3N/c1-2-3-4-5;/h2-3H2,1H3;1H3. The van der Waals surface area contributed by atoms with E-state index in [1.807, 2.05) is 6.92 Å². The van der Waals surface area contributed by atoms with Crippen molar-refractivity contribution in [2.45, 2.75) is 13.3 Å². The fourth-order valence-electron chi connectivity index (χ4n) is 0.0913. The van der Waals surface area contributed by atoms with Crippen LogP contribution in [-0.2, 0) is 0 Å². The molecule has 0 bridgehead atoms. The Kier molecular flexibility index (Phi) is 13.4. The molecule has 0 spiro atoms. The minimum Gasteiger partial charge on any atom is -0.344 e. The van der Waals surface area contributed by atoms with E-state index in [0.717, 1.165) is 6.42 Å². The van der Waals surface area contributed by atoms with Crippen molar-refractivity contribution >= 4 is 0 Å². The Morgan fingerprint density at radius 2 is 2.17 bits per heavy atom. The molecule has 6 heavy (non-hydrogen) atoms. The summed E-state index contributed by atoms with van der Waals surface area (Å²) in [5.74, 6) is 0. The summed E-state index contributed by atoms with van der Waals surface area (Å²) in [6, 6.07) is 0. The first-order valence-electron chi connectivity index (χ1n) is 1.71. The summed E-state index contributed by atoms with van der Waals surface area (Å²) in [6.07, 6.45) is 0.865. The van der Waals surface area contributed by atoms with Gasteiger partial charge in [0.15, 0.2) is 0 Å². The highest BCUT2D eigenvalue weighted by Crippen LogP contribution is 1.71. The Labute approximate surface area is 37.3 Å². The quantitative estimate of drug-likeness (QED) is 0.520. The lowest BCUT2D eigenvalue weighted by Crippen LogP contribution is -1.65. The second-order valence-electron chi connectivity index (χ2n) is 0.853. The summed E-state index contributed by atoms with van der Waals surface area (Å²) < 4.78 is 0. The molecule has 0 atom stereocenters. The lowest BCUT2D eigenvalue weighted by molar-refractivity contribution is 0.925. The van der Waals surface area contributed by atoms with E-state index in [9.17, 15) is 0 Å². The molecule has 3 N–H and O–H groups in total. The van der Waals surface area contributed by atoms with E-state index in [-0.39, 0.29) is 6.15 Å². The fraction of sp³-hybridized carbons (Fsp3) is 1.00. The Bertz CT molecular complexity index is 30.0. The van der Waals surface area contributed by atoms with Crippen LogP contribution in [0.4, 0.5) is 0 Å². The van der Waals surface area contributed by atoms with Crippen molar-refractivity contribution in [3.8, 4) is 0 Å². The van der Waals surface area contributed by atoms with Gasteiger partial charge in [-0.2, -0.15) is 4.91 Å². The predicted octanol–water partition coefficient (Wildman–Crippen LogP) is 1.32. The summed E-state index contributed by atoms with van der Waals surface area (Å²) in [5, 5.41) is 2.60. The zero-order valence-corrected chi connectivity index (χ0v) is 3.98. The first-order chi connectivity index (χ1) is 2.41. The third kappa shape index (κ3) is 9.59. The van der Waals surface area contributed by atoms with Crippen LogP contribution >= 0.6 is 0 Å². The van der Waals surface area contributed by atoms with Crippen LogP contribution in [0.5, 0.6) is 0 Å². The zero-order chi connectivity index (χ0) is 4.12. The van der Waals surface area contributed by atoms with Crippen molar-refractivity contribution in [3.63, 3.8) is 0 Å². The van der Waals surface area contributed by atoms with Gasteiger partial charge in [0, 0.05) is 0 Å². The molecule has 0 aliphatic heterocycles. The molecule has 0 radical (unpaired) electrons. The van der Waals surface area contributed by atoms with E-state index < -0.39 is 0 Å². The molecule has 0 aliphatic rings. The van der Waals surface area contributed by atoms with Gasteiger partial charge in [-0.15, -0.1) is 0 Å². The van der Waals surface area contributed by atoms with E-state index in [1.165, 1.54) is 0 Å². The molecule has 0 amide bonds. The number of nitrogens with zero attached hydrogens (tertiary/aromatic N) is 1. The van der Waals surface area contributed by atoms with Gasteiger partial charge in [-0.3, -0.25) is 0 Å². The van der Waals surface area contributed by atoms with Crippen LogP contribution in [0.2, 0.25) is 0 Å². The molecule has 0 heterocycles.